The minimum absolute atomic E-state index is 0.403. The topological polar surface area (TPSA) is 30.9 Å². The molecule has 0 atom stereocenters. The van der Waals surface area contributed by atoms with Gasteiger partial charge in [0.25, 0.3) is 0 Å². The molecule has 0 N–H and O–H groups in total. The van der Waals surface area contributed by atoms with E-state index in [0.29, 0.717) is 37.8 Å². The largest absolute Gasteiger partial charge is 0.379 e. The molecule has 0 saturated heterocycles. The predicted molar refractivity (Wildman–Crippen MR) is 93.5 cm³/mol. The summed E-state index contributed by atoms with van der Waals surface area (Å²) in [5.74, 6) is 0.705. The molecule has 0 aromatic carbocycles. The Bertz CT molecular complexity index is 239. The lowest BCUT2D eigenvalue weighted by Gasteiger charge is -2.18. The molecule has 0 unspecified atom stereocenters. The number of hydrogen-bond donors (Lipinski definition) is 0. The van der Waals surface area contributed by atoms with Crippen molar-refractivity contribution in [3.05, 3.63) is 0 Å². The van der Waals surface area contributed by atoms with Crippen molar-refractivity contribution in [1.29, 1.82) is 0 Å². The Hall–Kier alpha value is -0.160. The van der Waals surface area contributed by atoms with Gasteiger partial charge in [-0.3, -0.25) is 0 Å². The van der Waals surface area contributed by atoms with E-state index in [4.69, 9.17) is 14.2 Å². The van der Waals surface area contributed by atoms with Crippen molar-refractivity contribution in [1.82, 2.24) is 4.90 Å². The van der Waals surface area contributed by atoms with Crippen LogP contribution in [0.3, 0.4) is 0 Å². The van der Waals surface area contributed by atoms with Gasteiger partial charge in [0.2, 0.25) is 0 Å². The van der Waals surface area contributed by atoms with Gasteiger partial charge in [-0.2, -0.15) is 0 Å². The minimum Gasteiger partial charge on any atom is -0.379 e. The molecular formula is C18H39NO3. The molecule has 0 aromatic heterocycles. The van der Waals surface area contributed by atoms with E-state index in [1.165, 1.54) is 6.42 Å². The number of rotatable bonds is 14. The van der Waals surface area contributed by atoms with Gasteiger partial charge in [0.1, 0.15) is 0 Å². The van der Waals surface area contributed by atoms with Gasteiger partial charge in [-0.05, 0) is 31.2 Å². The van der Waals surface area contributed by atoms with E-state index < -0.39 is 0 Å². The highest BCUT2D eigenvalue weighted by atomic mass is 16.5. The van der Waals surface area contributed by atoms with Gasteiger partial charge in [-0.15, -0.1) is 0 Å². The fourth-order valence-corrected chi connectivity index (χ4v) is 2.18. The molecule has 0 rings (SSSR count). The van der Waals surface area contributed by atoms with Crippen LogP contribution in [0, 0.1) is 11.3 Å². The van der Waals surface area contributed by atoms with Crippen LogP contribution in [0.4, 0.5) is 0 Å². The van der Waals surface area contributed by atoms with Gasteiger partial charge >= 0.3 is 0 Å². The summed E-state index contributed by atoms with van der Waals surface area (Å²) in [5.41, 5.74) is 0.403. The van der Waals surface area contributed by atoms with Crippen LogP contribution in [-0.4, -0.2) is 64.7 Å². The molecule has 0 fully saturated rings. The number of likely N-dealkylation sites (N-methyl/N-ethyl adjacent to an activating group) is 1. The second-order valence-electron chi connectivity index (χ2n) is 7.66. The summed E-state index contributed by atoms with van der Waals surface area (Å²) in [7, 11) is 2.14. The molecule has 0 aromatic rings. The standard InChI is InChI=1S/C18H39NO3/c1-17(2)16-19(6)9-11-21-13-15-22-14-12-20-10-7-8-18(3,4)5/h17H,7-16H2,1-6H3. The summed E-state index contributed by atoms with van der Waals surface area (Å²) in [6, 6.07) is 0. The van der Waals surface area contributed by atoms with Crippen LogP contribution in [0.2, 0.25) is 0 Å². The second-order valence-corrected chi connectivity index (χ2v) is 7.66. The minimum atomic E-state index is 0.403. The average Bonchev–Trinajstić information content (AvgIpc) is 2.38. The average molecular weight is 318 g/mol. The Labute approximate surface area is 138 Å². The van der Waals surface area contributed by atoms with Crippen molar-refractivity contribution in [3.63, 3.8) is 0 Å². The van der Waals surface area contributed by atoms with Gasteiger partial charge < -0.3 is 19.1 Å². The molecule has 0 aliphatic heterocycles. The van der Waals surface area contributed by atoms with E-state index >= 15 is 0 Å². The molecule has 0 amide bonds. The maximum atomic E-state index is 5.56. The van der Waals surface area contributed by atoms with Crippen LogP contribution in [0.25, 0.3) is 0 Å². The third-order valence-corrected chi connectivity index (χ3v) is 3.25. The molecule has 0 saturated carbocycles. The van der Waals surface area contributed by atoms with Crippen LogP contribution in [0.1, 0.15) is 47.5 Å². The summed E-state index contributed by atoms with van der Waals surface area (Å²) in [5, 5.41) is 0. The first kappa shape index (κ1) is 21.8. The Morgan fingerprint density at radius 3 is 1.82 bits per heavy atom. The molecular weight excluding hydrogens is 278 g/mol. The van der Waals surface area contributed by atoms with Crippen molar-refractivity contribution in [3.8, 4) is 0 Å². The molecule has 22 heavy (non-hydrogen) atoms. The first-order valence-corrected chi connectivity index (χ1v) is 8.73. The Morgan fingerprint density at radius 1 is 0.818 bits per heavy atom. The van der Waals surface area contributed by atoms with E-state index in [9.17, 15) is 0 Å². The van der Waals surface area contributed by atoms with Crippen LogP contribution in [-0.2, 0) is 14.2 Å². The maximum absolute atomic E-state index is 5.56. The molecule has 0 radical (unpaired) electrons. The SMILES string of the molecule is CC(C)CN(C)CCOCCOCCOCCCC(C)(C)C. The summed E-state index contributed by atoms with van der Waals surface area (Å²) >= 11 is 0. The van der Waals surface area contributed by atoms with Crippen LogP contribution in [0.15, 0.2) is 0 Å². The first-order valence-electron chi connectivity index (χ1n) is 8.73. The lowest BCUT2D eigenvalue weighted by molar-refractivity contribution is 0.00986. The predicted octanol–water partition coefficient (Wildman–Crippen LogP) is 3.45. The Morgan fingerprint density at radius 2 is 1.32 bits per heavy atom. The highest BCUT2D eigenvalue weighted by Gasteiger charge is 2.08. The van der Waals surface area contributed by atoms with Gasteiger partial charge in [-0.25, -0.2) is 0 Å². The van der Waals surface area contributed by atoms with Crippen LogP contribution >= 0.6 is 0 Å². The fourth-order valence-electron chi connectivity index (χ4n) is 2.18. The summed E-state index contributed by atoms with van der Waals surface area (Å²) in [6.45, 7) is 17.6. The summed E-state index contributed by atoms with van der Waals surface area (Å²) in [6.07, 6.45) is 2.32. The van der Waals surface area contributed by atoms with E-state index in [2.05, 4.69) is 46.6 Å². The quantitative estimate of drug-likeness (QED) is 0.459. The van der Waals surface area contributed by atoms with Gasteiger partial charge in [0, 0.05) is 19.7 Å². The molecule has 0 spiro atoms. The third-order valence-electron chi connectivity index (χ3n) is 3.25. The second kappa shape index (κ2) is 13.3. The Kier molecular flexibility index (Phi) is 13.2. The van der Waals surface area contributed by atoms with Gasteiger partial charge in [0.05, 0.1) is 33.0 Å². The fraction of sp³-hybridized carbons (Fsp3) is 1.00. The number of hydrogen-bond acceptors (Lipinski definition) is 4. The van der Waals surface area contributed by atoms with E-state index in [0.717, 1.165) is 32.7 Å². The number of nitrogens with zero attached hydrogens (tertiary/aromatic N) is 1. The lowest BCUT2D eigenvalue weighted by Crippen LogP contribution is -2.27. The lowest BCUT2D eigenvalue weighted by atomic mass is 9.91. The number of ether oxygens (including phenoxy) is 3. The van der Waals surface area contributed by atoms with Crippen LogP contribution < -0.4 is 0 Å². The van der Waals surface area contributed by atoms with Gasteiger partial charge in [0.15, 0.2) is 0 Å². The van der Waals surface area contributed by atoms with E-state index in [1.807, 2.05) is 0 Å². The smallest absolute Gasteiger partial charge is 0.0701 e. The molecule has 134 valence electrons. The summed E-state index contributed by atoms with van der Waals surface area (Å²) < 4.78 is 16.6. The monoisotopic (exact) mass is 317 g/mol. The van der Waals surface area contributed by atoms with E-state index in [-0.39, 0.29) is 0 Å². The van der Waals surface area contributed by atoms with Gasteiger partial charge in [-0.1, -0.05) is 34.6 Å². The van der Waals surface area contributed by atoms with Crippen molar-refractivity contribution in [2.24, 2.45) is 11.3 Å². The normalized spacial score (nSPS) is 12.5. The Balaban J connectivity index is 3.15. The first-order chi connectivity index (χ1) is 10.3. The molecule has 4 nitrogen and oxygen atoms in total. The van der Waals surface area contributed by atoms with Crippen LogP contribution in [0.5, 0.6) is 0 Å². The molecule has 0 bridgehead atoms. The van der Waals surface area contributed by atoms with Crippen molar-refractivity contribution < 1.29 is 14.2 Å². The zero-order valence-electron chi connectivity index (χ0n) is 15.8. The highest BCUT2D eigenvalue weighted by molar-refractivity contribution is 4.60. The molecule has 0 aliphatic carbocycles. The van der Waals surface area contributed by atoms with Crippen molar-refractivity contribution in [2.45, 2.75) is 47.5 Å². The summed E-state index contributed by atoms with van der Waals surface area (Å²) in [4.78, 5) is 2.30. The van der Waals surface area contributed by atoms with Crippen molar-refractivity contribution >= 4 is 0 Å². The molecule has 4 heteroatoms. The maximum Gasteiger partial charge on any atom is 0.0701 e. The molecule has 0 aliphatic rings. The molecule has 0 heterocycles. The zero-order valence-corrected chi connectivity index (χ0v) is 15.8. The zero-order chi connectivity index (χ0) is 16.8. The highest BCUT2D eigenvalue weighted by Crippen LogP contribution is 2.20. The van der Waals surface area contributed by atoms with Crippen molar-refractivity contribution in [2.75, 3.05) is 59.8 Å². The van der Waals surface area contributed by atoms with E-state index in [1.54, 1.807) is 0 Å². The third kappa shape index (κ3) is 17.9.